The van der Waals surface area contributed by atoms with Gasteiger partial charge in [0.25, 0.3) is 5.92 Å². The Hall–Kier alpha value is -2.03. The Labute approximate surface area is 153 Å². The lowest BCUT2D eigenvalue weighted by molar-refractivity contribution is -0.0304. The maximum Gasteiger partial charge on any atom is 0.254 e. The van der Waals surface area contributed by atoms with E-state index in [0.29, 0.717) is 0 Å². The second-order valence-electron chi connectivity index (χ2n) is 7.43. The predicted octanol–water partition coefficient (Wildman–Crippen LogP) is 3.06. The first-order valence-electron chi connectivity index (χ1n) is 8.40. The number of aromatic nitrogens is 1. The topological polar surface area (TPSA) is 79.4 Å². The molecule has 8 heteroatoms. The van der Waals surface area contributed by atoms with Crippen LogP contribution < -0.4 is 5.73 Å². The molecule has 4 N–H and O–H groups in total. The fraction of sp³-hybridized carbons (Fsp3) is 0.421. The van der Waals surface area contributed by atoms with Crippen molar-refractivity contribution in [3.05, 3.63) is 53.2 Å². The summed E-state index contributed by atoms with van der Waals surface area (Å²) in [7, 11) is 0. The maximum absolute atomic E-state index is 15.0. The van der Waals surface area contributed by atoms with Gasteiger partial charge in [0.2, 0.25) is 0 Å². The Balaban J connectivity index is 2.23. The van der Waals surface area contributed by atoms with E-state index in [9.17, 15) is 23.4 Å². The molecule has 2 atom stereocenters. The average Bonchev–Trinajstić information content (AvgIpc) is 3.23. The molecule has 0 spiro atoms. The highest BCUT2D eigenvalue weighted by molar-refractivity contribution is 5.62. The zero-order valence-electron chi connectivity index (χ0n) is 14.8. The predicted molar refractivity (Wildman–Crippen MR) is 90.8 cm³/mol. The van der Waals surface area contributed by atoms with Crippen molar-refractivity contribution in [1.82, 2.24) is 4.98 Å². The summed E-state index contributed by atoms with van der Waals surface area (Å²) in [5, 5.41) is 21.1. The minimum atomic E-state index is -3.10. The molecule has 1 aliphatic rings. The SMILES string of the molecule is CC(C)(O)c1cc(C(O)(CN)C2CC2(F)F)nc(-c2ccc(F)cc2)c1F. The molecule has 2 aromatic rings. The molecule has 0 saturated heterocycles. The summed E-state index contributed by atoms with van der Waals surface area (Å²) in [4.78, 5) is 4.04. The first kappa shape index (κ1) is 19.7. The highest BCUT2D eigenvalue weighted by Crippen LogP contribution is 2.57. The quantitative estimate of drug-likeness (QED) is 0.693. The number of hydrogen-bond acceptors (Lipinski definition) is 4. The number of rotatable bonds is 5. The van der Waals surface area contributed by atoms with Gasteiger partial charge in [-0.25, -0.2) is 22.5 Å². The van der Waals surface area contributed by atoms with Gasteiger partial charge in [-0.2, -0.15) is 0 Å². The fourth-order valence-electron chi connectivity index (χ4n) is 3.15. The van der Waals surface area contributed by atoms with Crippen LogP contribution in [-0.4, -0.2) is 27.7 Å². The molecule has 146 valence electrons. The van der Waals surface area contributed by atoms with E-state index in [1.807, 2.05) is 0 Å². The number of alkyl halides is 2. The van der Waals surface area contributed by atoms with Crippen LogP contribution in [-0.2, 0) is 11.2 Å². The van der Waals surface area contributed by atoms with E-state index in [4.69, 9.17) is 5.73 Å². The summed E-state index contributed by atoms with van der Waals surface area (Å²) >= 11 is 0. The molecule has 1 aromatic carbocycles. The molecule has 1 saturated carbocycles. The first-order valence-corrected chi connectivity index (χ1v) is 8.40. The third-order valence-electron chi connectivity index (χ3n) is 4.89. The van der Waals surface area contributed by atoms with Gasteiger partial charge >= 0.3 is 0 Å². The minimum absolute atomic E-state index is 0.170. The number of pyridine rings is 1. The van der Waals surface area contributed by atoms with Gasteiger partial charge in [0.05, 0.1) is 17.2 Å². The van der Waals surface area contributed by atoms with E-state index >= 15 is 4.39 Å². The van der Waals surface area contributed by atoms with Crippen LogP contribution in [0.1, 0.15) is 31.5 Å². The van der Waals surface area contributed by atoms with E-state index in [1.165, 1.54) is 26.0 Å². The van der Waals surface area contributed by atoms with Crippen molar-refractivity contribution >= 4 is 0 Å². The third kappa shape index (κ3) is 3.44. The molecule has 27 heavy (non-hydrogen) atoms. The summed E-state index contributed by atoms with van der Waals surface area (Å²) in [6.45, 7) is 2.08. The van der Waals surface area contributed by atoms with Gasteiger partial charge in [-0.05, 0) is 44.2 Å². The van der Waals surface area contributed by atoms with Crippen LogP contribution in [0.15, 0.2) is 30.3 Å². The van der Waals surface area contributed by atoms with Gasteiger partial charge in [0, 0.05) is 24.1 Å². The largest absolute Gasteiger partial charge is 0.386 e. The monoisotopic (exact) mass is 384 g/mol. The fourth-order valence-corrected chi connectivity index (χ4v) is 3.15. The molecule has 2 unspecified atom stereocenters. The lowest BCUT2D eigenvalue weighted by Crippen LogP contribution is -2.40. The molecule has 1 fully saturated rings. The van der Waals surface area contributed by atoms with Crippen molar-refractivity contribution in [3.8, 4) is 11.3 Å². The molecule has 0 radical (unpaired) electrons. The van der Waals surface area contributed by atoms with Gasteiger partial charge in [-0.1, -0.05) is 0 Å². The second kappa shape index (κ2) is 6.25. The average molecular weight is 384 g/mol. The normalized spacial score (nSPS) is 21.0. The van der Waals surface area contributed by atoms with Crippen molar-refractivity contribution < 1.29 is 27.8 Å². The van der Waals surface area contributed by atoms with E-state index in [-0.39, 0.29) is 22.5 Å². The van der Waals surface area contributed by atoms with Crippen LogP contribution in [0.4, 0.5) is 17.6 Å². The Morgan fingerprint density at radius 3 is 2.19 bits per heavy atom. The lowest BCUT2D eigenvalue weighted by atomic mass is 9.88. The van der Waals surface area contributed by atoms with Crippen LogP contribution in [0, 0.1) is 17.6 Å². The molecule has 3 rings (SSSR count). The highest BCUT2D eigenvalue weighted by Gasteiger charge is 2.67. The van der Waals surface area contributed by atoms with E-state index in [0.717, 1.165) is 18.2 Å². The number of nitrogens with two attached hydrogens (primary N) is 1. The van der Waals surface area contributed by atoms with Gasteiger partial charge in [-0.3, -0.25) is 0 Å². The third-order valence-corrected chi connectivity index (χ3v) is 4.89. The standard InChI is InChI=1S/C19H20F4N2O2/c1-17(2,26)12-7-14(18(27,9-24)13-8-19(13,22)23)25-16(15(12)21)10-3-5-11(20)6-4-10/h3-7,13,26-27H,8-9,24H2,1-2H3. The number of halogens is 4. The molecule has 1 aromatic heterocycles. The number of nitrogens with zero attached hydrogens (tertiary/aromatic N) is 1. The zero-order valence-corrected chi connectivity index (χ0v) is 14.8. The molecular weight excluding hydrogens is 364 g/mol. The minimum Gasteiger partial charge on any atom is -0.386 e. The summed E-state index contributed by atoms with van der Waals surface area (Å²) < 4.78 is 55.5. The van der Waals surface area contributed by atoms with Crippen LogP contribution in [0.25, 0.3) is 11.3 Å². The second-order valence-corrected chi connectivity index (χ2v) is 7.43. The van der Waals surface area contributed by atoms with Crippen molar-refractivity contribution in [1.29, 1.82) is 0 Å². The number of hydrogen-bond donors (Lipinski definition) is 3. The molecule has 0 aliphatic heterocycles. The van der Waals surface area contributed by atoms with E-state index < -0.39 is 47.6 Å². The van der Waals surface area contributed by atoms with Crippen LogP contribution in [0.2, 0.25) is 0 Å². The molecule has 0 bridgehead atoms. The Kier molecular flexibility index (Phi) is 4.57. The van der Waals surface area contributed by atoms with Gasteiger partial charge in [0.15, 0.2) is 5.82 Å². The Morgan fingerprint density at radius 1 is 1.19 bits per heavy atom. The van der Waals surface area contributed by atoms with Gasteiger partial charge in [0.1, 0.15) is 17.1 Å². The molecule has 4 nitrogen and oxygen atoms in total. The van der Waals surface area contributed by atoms with Gasteiger partial charge in [-0.15, -0.1) is 0 Å². The Bertz CT molecular complexity index is 865. The molecular formula is C19H20F4N2O2. The molecule has 1 aliphatic carbocycles. The summed E-state index contributed by atoms with van der Waals surface area (Å²) in [5.74, 6) is -5.99. The molecule has 1 heterocycles. The smallest absolute Gasteiger partial charge is 0.254 e. The Morgan fingerprint density at radius 2 is 1.74 bits per heavy atom. The van der Waals surface area contributed by atoms with Crippen LogP contribution in [0.3, 0.4) is 0 Å². The first-order chi connectivity index (χ1) is 12.4. The van der Waals surface area contributed by atoms with Crippen molar-refractivity contribution in [3.63, 3.8) is 0 Å². The summed E-state index contributed by atoms with van der Waals surface area (Å²) in [6.07, 6.45) is -0.566. The maximum atomic E-state index is 15.0. The zero-order chi connectivity index (χ0) is 20.2. The van der Waals surface area contributed by atoms with Crippen LogP contribution >= 0.6 is 0 Å². The highest BCUT2D eigenvalue weighted by atomic mass is 19.3. The molecule has 0 amide bonds. The van der Waals surface area contributed by atoms with Gasteiger partial charge < -0.3 is 15.9 Å². The van der Waals surface area contributed by atoms with Crippen LogP contribution in [0.5, 0.6) is 0 Å². The van der Waals surface area contributed by atoms with Crippen molar-refractivity contribution in [2.75, 3.05) is 6.54 Å². The number of aliphatic hydroxyl groups is 2. The van der Waals surface area contributed by atoms with E-state index in [2.05, 4.69) is 4.98 Å². The van der Waals surface area contributed by atoms with Crippen molar-refractivity contribution in [2.24, 2.45) is 11.7 Å². The van der Waals surface area contributed by atoms with Crippen molar-refractivity contribution in [2.45, 2.75) is 37.4 Å². The summed E-state index contributed by atoms with van der Waals surface area (Å²) in [5.41, 5.74) is 1.09. The summed E-state index contributed by atoms with van der Waals surface area (Å²) in [6, 6.07) is 5.79. The van der Waals surface area contributed by atoms with E-state index in [1.54, 1.807) is 0 Å². The number of benzene rings is 1. The lowest BCUT2D eigenvalue weighted by Gasteiger charge is -2.29.